The maximum Gasteiger partial charge on any atom is 0.231 e. The lowest BCUT2D eigenvalue weighted by Gasteiger charge is -2.04. The van der Waals surface area contributed by atoms with Crippen LogP contribution in [0.15, 0.2) is 18.2 Å². The summed E-state index contributed by atoms with van der Waals surface area (Å²) >= 11 is 0. The van der Waals surface area contributed by atoms with Crippen molar-refractivity contribution in [2.24, 2.45) is 5.73 Å². The van der Waals surface area contributed by atoms with Gasteiger partial charge in [0.2, 0.25) is 12.6 Å². The number of hydrogen-bond donors (Lipinski definition) is 1. The van der Waals surface area contributed by atoms with Crippen molar-refractivity contribution in [3.05, 3.63) is 24.0 Å². The summed E-state index contributed by atoms with van der Waals surface area (Å²) in [5.74, 6) is 2.57. The minimum Gasteiger partial charge on any atom is -0.485 e. The molecule has 3 rings (SSSR count). The molecule has 19 heavy (non-hydrogen) atoms. The summed E-state index contributed by atoms with van der Waals surface area (Å²) < 4.78 is 16.0. The first-order valence-corrected chi connectivity index (χ1v) is 5.84. The van der Waals surface area contributed by atoms with Gasteiger partial charge in [-0.2, -0.15) is 4.80 Å². The molecule has 0 saturated heterocycles. The van der Waals surface area contributed by atoms with Gasteiger partial charge < -0.3 is 19.9 Å². The fraction of sp³-hybridized carbons (Fsp3) is 0.364. The van der Waals surface area contributed by atoms with E-state index in [1.54, 1.807) is 18.2 Å². The second-order valence-corrected chi connectivity index (χ2v) is 3.89. The highest BCUT2D eigenvalue weighted by Crippen LogP contribution is 2.35. The van der Waals surface area contributed by atoms with Crippen LogP contribution in [-0.4, -0.2) is 33.5 Å². The van der Waals surface area contributed by atoms with Crippen LogP contribution in [0.4, 0.5) is 0 Å². The van der Waals surface area contributed by atoms with Crippen LogP contribution in [0.1, 0.15) is 5.82 Å². The average Bonchev–Trinajstić information content (AvgIpc) is 3.04. The van der Waals surface area contributed by atoms with Gasteiger partial charge in [-0.3, -0.25) is 0 Å². The lowest BCUT2D eigenvalue weighted by Crippen LogP contribution is -2.12. The molecule has 0 spiro atoms. The average molecular weight is 263 g/mol. The number of nitrogens with zero attached hydrogens (tertiary/aromatic N) is 4. The maximum absolute atomic E-state index is 5.56. The Hall–Kier alpha value is -2.35. The Kier molecular flexibility index (Phi) is 3.15. The fourth-order valence-electron chi connectivity index (χ4n) is 1.66. The summed E-state index contributed by atoms with van der Waals surface area (Å²) in [5, 5.41) is 11.8. The van der Waals surface area contributed by atoms with Crippen LogP contribution in [-0.2, 0) is 13.2 Å². The third-order valence-corrected chi connectivity index (χ3v) is 2.54. The molecule has 0 unspecified atom stereocenters. The number of fused-ring (bicyclic) bond motifs is 1. The number of nitrogens with two attached hydrogens (primary N) is 1. The van der Waals surface area contributed by atoms with Crippen molar-refractivity contribution in [2.75, 3.05) is 13.3 Å². The van der Waals surface area contributed by atoms with Crippen LogP contribution in [0, 0.1) is 0 Å². The predicted molar refractivity (Wildman–Crippen MR) is 63.8 cm³/mol. The van der Waals surface area contributed by atoms with Gasteiger partial charge in [-0.1, -0.05) is 0 Å². The summed E-state index contributed by atoms with van der Waals surface area (Å²) in [4.78, 5) is 1.44. The van der Waals surface area contributed by atoms with Crippen LogP contribution < -0.4 is 19.9 Å². The van der Waals surface area contributed by atoms with Crippen molar-refractivity contribution in [3.8, 4) is 17.2 Å². The molecule has 0 radical (unpaired) electrons. The minimum absolute atomic E-state index is 0.240. The lowest BCUT2D eigenvalue weighted by atomic mass is 10.3. The number of ether oxygens (including phenoxy) is 3. The minimum atomic E-state index is 0.240. The highest BCUT2D eigenvalue weighted by atomic mass is 16.7. The quantitative estimate of drug-likeness (QED) is 0.806. The molecule has 1 aromatic heterocycles. The number of hydrogen-bond acceptors (Lipinski definition) is 7. The van der Waals surface area contributed by atoms with E-state index in [0.717, 1.165) is 5.75 Å². The van der Waals surface area contributed by atoms with Crippen LogP contribution in [0.5, 0.6) is 17.2 Å². The molecule has 100 valence electrons. The Morgan fingerprint density at radius 2 is 2.21 bits per heavy atom. The van der Waals surface area contributed by atoms with Gasteiger partial charge in [-0.15, -0.1) is 10.2 Å². The summed E-state index contributed by atoms with van der Waals surface area (Å²) in [6.07, 6.45) is 0. The maximum atomic E-state index is 5.56. The predicted octanol–water partition coefficient (Wildman–Crippen LogP) is -0.0605. The Morgan fingerprint density at radius 3 is 3.11 bits per heavy atom. The Balaban J connectivity index is 1.62. The summed E-state index contributed by atoms with van der Waals surface area (Å²) in [5.41, 5.74) is 5.40. The van der Waals surface area contributed by atoms with E-state index < -0.39 is 0 Å². The number of benzene rings is 1. The van der Waals surface area contributed by atoms with E-state index >= 15 is 0 Å². The van der Waals surface area contributed by atoms with E-state index in [2.05, 4.69) is 15.4 Å². The standard InChI is InChI=1S/C11H13N5O3/c12-3-4-16-14-11(13-15-16)6-17-8-1-2-9-10(5-8)19-7-18-9/h1-2,5H,3-4,6-7,12H2. The summed E-state index contributed by atoms with van der Waals surface area (Å²) in [6.45, 7) is 1.49. The van der Waals surface area contributed by atoms with Crippen LogP contribution in [0.2, 0.25) is 0 Å². The topological polar surface area (TPSA) is 97.3 Å². The van der Waals surface area contributed by atoms with Crippen LogP contribution >= 0.6 is 0 Å². The van der Waals surface area contributed by atoms with Gasteiger partial charge in [0.15, 0.2) is 18.1 Å². The molecule has 0 bridgehead atoms. The lowest BCUT2D eigenvalue weighted by molar-refractivity contribution is 0.173. The van der Waals surface area contributed by atoms with Gasteiger partial charge in [-0.25, -0.2) is 0 Å². The Bertz CT molecular complexity index is 571. The second-order valence-electron chi connectivity index (χ2n) is 3.89. The van der Waals surface area contributed by atoms with Gasteiger partial charge in [0.25, 0.3) is 0 Å². The molecule has 0 aliphatic carbocycles. The molecular weight excluding hydrogens is 250 g/mol. The summed E-state index contributed by atoms with van der Waals surface area (Å²) in [7, 11) is 0. The molecule has 1 aliphatic heterocycles. The van der Waals surface area contributed by atoms with Crippen molar-refractivity contribution in [1.82, 2.24) is 20.2 Å². The molecule has 0 fully saturated rings. The van der Waals surface area contributed by atoms with Crippen molar-refractivity contribution in [1.29, 1.82) is 0 Å². The zero-order chi connectivity index (χ0) is 13.1. The Labute approximate surface area is 109 Å². The van der Waals surface area contributed by atoms with Crippen molar-refractivity contribution < 1.29 is 14.2 Å². The first kappa shape index (κ1) is 11.7. The van der Waals surface area contributed by atoms with Gasteiger partial charge in [0, 0.05) is 12.6 Å². The Morgan fingerprint density at radius 1 is 1.32 bits per heavy atom. The third kappa shape index (κ3) is 2.58. The SMILES string of the molecule is NCCn1nnc(COc2ccc3c(c2)OCO3)n1. The molecule has 1 aromatic carbocycles. The normalized spacial score (nSPS) is 12.7. The van der Waals surface area contributed by atoms with E-state index in [1.807, 2.05) is 0 Å². The van der Waals surface area contributed by atoms with Crippen molar-refractivity contribution in [3.63, 3.8) is 0 Å². The van der Waals surface area contributed by atoms with E-state index in [0.29, 0.717) is 30.4 Å². The molecule has 0 atom stereocenters. The molecule has 0 amide bonds. The zero-order valence-electron chi connectivity index (χ0n) is 10.2. The van der Waals surface area contributed by atoms with E-state index in [4.69, 9.17) is 19.9 Å². The van der Waals surface area contributed by atoms with Gasteiger partial charge in [0.1, 0.15) is 5.75 Å². The van der Waals surface area contributed by atoms with Gasteiger partial charge >= 0.3 is 0 Å². The van der Waals surface area contributed by atoms with Gasteiger partial charge in [0.05, 0.1) is 6.54 Å². The van der Waals surface area contributed by atoms with Gasteiger partial charge in [-0.05, 0) is 17.3 Å². The largest absolute Gasteiger partial charge is 0.485 e. The van der Waals surface area contributed by atoms with E-state index in [9.17, 15) is 0 Å². The number of aromatic nitrogens is 4. The molecule has 0 saturated carbocycles. The highest BCUT2D eigenvalue weighted by Gasteiger charge is 2.14. The van der Waals surface area contributed by atoms with E-state index in [-0.39, 0.29) is 13.4 Å². The number of rotatable bonds is 5. The molecule has 1 aliphatic rings. The number of tetrazole rings is 1. The summed E-state index contributed by atoms with van der Waals surface area (Å²) in [6, 6.07) is 5.38. The van der Waals surface area contributed by atoms with Crippen molar-refractivity contribution >= 4 is 0 Å². The fourth-order valence-corrected chi connectivity index (χ4v) is 1.66. The van der Waals surface area contributed by atoms with Crippen LogP contribution in [0.25, 0.3) is 0 Å². The zero-order valence-corrected chi connectivity index (χ0v) is 10.2. The second kappa shape index (κ2) is 5.11. The molecule has 8 nitrogen and oxygen atoms in total. The first-order chi connectivity index (χ1) is 9.35. The highest BCUT2D eigenvalue weighted by molar-refractivity contribution is 5.46. The smallest absolute Gasteiger partial charge is 0.231 e. The molecule has 8 heteroatoms. The van der Waals surface area contributed by atoms with Crippen LogP contribution in [0.3, 0.4) is 0 Å². The molecule has 2 heterocycles. The van der Waals surface area contributed by atoms with E-state index in [1.165, 1.54) is 4.80 Å². The molecule has 2 aromatic rings. The molecule has 2 N–H and O–H groups in total. The molecular formula is C11H13N5O3. The van der Waals surface area contributed by atoms with Crippen molar-refractivity contribution in [2.45, 2.75) is 13.2 Å². The first-order valence-electron chi connectivity index (χ1n) is 5.84. The monoisotopic (exact) mass is 263 g/mol. The third-order valence-electron chi connectivity index (χ3n) is 2.54.